The zero-order valence-electron chi connectivity index (χ0n) is 13.5. The van der Waals surface area contributed by atoms with E-state index in [0.717, 1.165) is 28.3 Å². The van der Waals surface area contributed by atoms with Crippen molar-refractivity contribution in [1.29, 1.82) is 0 Å². The van der Waals surface area contributed by atoms with E-state index in [-0.39, 0.29) is 11.7 Å². The minimum atomic E-state index is -0.575. The number of carbonyl (C=O) groups excluding carboxylic acids is 1. The Balaban J connectivity index is 2.01. The number of hydrogen-bond donors (Lipinski definition) is 1. The number of carbonyl (C=O) groups is 1. The van der Waals surface area contributed by atoms with Crippen molar-refractivity contribution in [3.63, 3.8) is 0 Å². The SMILES string of the molecule is CC[C@H](c1cncnc1)n1ncc2cnc3cnc(C(N)=O)cc3c21. The second kappa shape index (κ2) is 5.90. The van der Waals surface area contributed by atoms with Gasteiger partial charge in [-0.05, 0) is 12.5 Å². The van der Waals surface area contributed by atoms with Gasteiger partial charge in [0.05, 0.1) is 29.5 Å². The van der Waals surface area contributed by atoms with Crippen LogP contribution in [0.3, 0.4) is 0 Å². The zero-order chi connectivity index (χ0) is 17.4. The average molecular weight is 333 g/mol. The van der Waals surface area contributed by atoms with Gasteiger partial charge in [-0.2, -0.15) is 5.10 Å². The van der Waals surface area contributed by atoms with Crippen molar-refractivity contribution in [1.82, 2.24) is 29.7 Å². The van der Waals surface area contributed by atoms with Gasteiger partial charge in [-0.3, -0.25) is 14.5 Å². The van der Waals surface area contributed by atoms with Crippen molar-refractivity contribution in [2.45, 2.75) is 19.4 Å². The van der Waals surface area contributed by atoms with E-state index in [1.54, 1.807) is 37.1 Å². The molecule has 1 atom stereocenters. The summed E-state index contributed by atoms with van der Waals surface area (Å²) in [5.74, 6) is -0.575. The summed E-state index contributed by atoms with van der Waals surface area (Å²) in [7, 11) is 0. The maximum Gasteiger partial charge on any atom is 0.267 e. The van der Waals surface area contributed by atoms with E-state index >= 15 is 0 Å². The quantitative estimate of drug-likeness (QED) is 0.610. The van der Waals surface area contributed by atoms with Crippen molar-refractivity contribution in [2.75, 3.05) is 0 Å². The summed E-state index contributed by atoms with van der Waals surface area (Å²) in [4.78, 5) is 28.2. The van der Waals surface area contributed by atoms with Gasteiger partial charge >= 0.3 is 0 Å². The molecule has 124 valence electrons. The molecule has 0 saturated heterocycles. The highest BCUT2D eigenvalue weighted by atomic mass is 16.1. The van der Waals surface area contributed by atoms with Crippen molar-refractivity contribution in [3.05, 3.63) is 54.6 Å². The number of amides is 1. The van der Waals surface area contributed by atoms with Gasteiger partial charge in [0.25, 0.3) is 5.91 Å². The fourth-order valence-corrected chi connectivity index (χ4v) is 3.03. The molecule has 0 spiro atoms. The molecule has 25 heavy (non-hydrogen) atoms. The molecule has 0 bridgehead atoms. The van der Waals surface area contributed by atoms with Crippen LogP contribution < -0.4 is 5.73 Å². The number of pyridine rings is 2. The normalized spacial score (nSPS) is 12.5. The van der Waals surface area contributed by atoms with Crippen molar-refractivity contribution >= 4 is 27.7 Å². The van der Waals surface area contributed by atoms with Gasteiger partial charge in [-0.1, -0.05) is 6.92 Å². The van der Waals surface area contributed by atoms with Crippen LogP contribution in [0.15, 0.2) is 43.4 Å². The monoisotopic (exact) mass is 333 g/mol. The number of aromatic nitrogens is 6. The summed E-state index contributed by atoms with van der Waals surface area (Å²) >= 11 is 0. The first-order valence-corrected chi connectivity index (χ1v) is 7.85. The summed E-state index contributed by atoms with van der Waals surface area (Å²) in [6.07, 6.45) is 10.9. The minimum Gasteiger partial charge on any atom is -0.364 e. The van der Waals surface area contributed by atoms with E-state index in [1.165, 1.54) is 6.33 Å². The number of primary amides is 1. The smallest absolute Gasteiger partial charge is 0.267 e. The van der Waals surface area contributed by atoms with Crippen molar-refractivity contribution < 1.29 is 4.79 Å². The Hall–Kier alpha value is -3.42. The van der Waals surface area contributed by atoms with Crippen LogP contribution in [0.5, 0.6) is 0 Å². The van der Waals surface area contributed by atoms with E-state index in [2.05, 4.69) is 32.0 Å². The summed E-state index contributed by atoms with van der Waals surface area (Å²) in [5.41, 5.74) is 8.10. The molecule has 4 aromatic heterocycles. The molecule has 4 heterocycles. The molecule has 4 aromatic rings. The molecule has 0 aromatic carbocycles. The standard InChI is InChI=1S/C17H15N7O/c1-2-15(10-4-19-9-20-5-10)24-16-11(7-23-24)6-21-14-8-22-13(17(18)25)3-12(14)16/h3-9,15H,2H2,1H3,(H2,18,25)/t15-/m1/s1. The van der Waals surface area contributed by atoms with Crippen LogP contribution in [-0.4, -0.2) is 35.6 Å². The van der Waals surface area contributed by atoms with Crippen LogP contribution in [0, 0.1) is 0 Å². The molecule has 0 aliphatic rings. The third-order valence-electron chi connectivity index (χ3n) is 4.20. The predicted octanol–water partition coefficient (Wildman–Crippen LogP) is 1.87. The molecule has 0 aliphatic heterocycles. The number of hydrogen-bond acceptors (Lipinski definition) is 6. The minimum absolute atomic E-state index is 0.0329. The van der Waals surface area contributed by atoms with Gasteiger partial charge in [0, 0.05) is 34.9 Å². The lowest BCUT2D eigenvalue weighted by Crippen LogP contribution is -2.14. The summed E-state index contributed by atoms with van der Waals surface area (Å²) in [5, 5.41) is 6.22. The Labute approximate surface area is 142 Å². The Morgan fingerprint density at radius 1 is 1.16 bits per heavy atom. The highest BCUT2D eigenvalue weighted by molar-refractivity contribution is 6.05. The first kappa shape index (κ1) is 15.1. The fourth-order valence-electron chi connectivity index (χ4n) is 3.03. The largest absolute Gasteiger partial charge is 0.364 e. The van der Waals surface area contributed by atoms with Crippen LogP contribution in [0.2, 0.25) is 0 Å². The third-order valence-corrected chi connectivity index (χ3v) is 4.20. The lowest BCUT2D eigenvalue weighted by molar-refractivity contribution is 0.0996. The highest BCUT2D eigenvalue weighted by Crippen LogP contribution is 2.29. The fraction of sp³-hybridized carbons (Fsp3) is 0.176. The Bertz CT molecular complexity index is 1070. The van der Waals surface area contributed by atoms with Crippen molar-refractivity contribution in [3.8, 4) is 0 Å². The number of fused-ring (bicyclic) bond motifs is 3. The lowest BCUT2D eigenvalue weighted by atomic mass is 10.1. The maximum atomic E-state index is 11.5. The van der Waals surface area contributed by atoms with Gasteiger partial charge in [0.15, 0.2) is 0 Å². The van der Waals surface area contributed by atoms with E-state index in [4.69, 9.17) is 5.73 Å². The van der Waals surface area contributed by atoms with E-state index < -0.39 is 5.91 Å². The Kier molecular flexibility index (Phi) is 3.57. The second-order valence-corrected chi connectivity index (χ2v) is 5.70. The van der Waals surface area contributed by atoms with Crippen molar-refractivity contribution in [2.24, 2.45) is 5.73 Å². The summed E-state index contributed by atoms with van der Waals surface area (Å²) < 4.78 is 1.92. The molecule has 0 saturated carbocycles. The van der Waals surface area contributed by atoms with Gasteiger partial charge in [0.2, 0.25) is 0 Å². The number of nitrogens with zero attached hydrogens (tertiary/aromatic N) is 6. The van der Waals surface area contributed by atoms with Crippen LogP contribution in [0.25, 0.3) is 21.8 Å². The lowest BCUT2D eigenvalue weighted by Gasteiger charge is -2.17. The second-order valence-electron chi connectivity index (χ2n) is 5.70. The number of nitrogens with two attached hydrogens (primary N) is 1. The number of rotatable bonds is 4. The van der Waals surface area contributed by atoms with Gasteiger partial charge in [-0.25, -0.2) is 15.0 Å². The van der Waals surface area contributed by atoms with E-state index in [0.29, 0.717) is 5.52 Å². The Morgan fingerprint density at radius 2 is 1.96 bits per heavy atom. The maximum absolute atomic E-state index is 11.5. The molecule has 1 amide bonds. The van der Waals surface area contributed by atoms with Crippen LogP contribution in [0.1, 0.15) is 35.4 Å². The van der Waals surface area contributed by atoms with Gasteiger partial charge in [-0.15, -0.1) is 0 Å². The molecule has 8 nitrogen and oxygen atoms in total. The predicted molar refractivity (Wildman–Crippen MR) is 91.8 cm³/mol. The molecule has 0 unspecified atom stereocenters. The Morgan fingerprint density at radius 3 is 2.68 bits per heavy atom. The first-order chi connectivity index (χ1) is 12.2. The molecule has 4 rings (SSSR count). The van der Waals surface area contributed by atoms with Gasteiger partial charge in [0.1, 0.15) is 12.0 Å². The molecular weight excluding hydrogens is 318 g/mol. The molecule has 8 heteroatoms. The molecule has 0 radical (unpaired) electrons. The summed E-state index contributed by atoms with van der Waals surface area (Å²) in [6, 6.07) is 1.63. The van der Waals surface area contributed by atoms with Crippen LogP contribution in [0.4, 0.5) is 0 Å². The van der Waals surface area contributed by atoms with Gasteiger partial charge < -0.3 is 5.73 Å². The molecular formula is C17H15N7O. The third kappa shape index (κ3) is 2.47. The molecule has 0 fully saturated rings. The van der Waals surface area contributed by atoms with E-state index in [1.807, 2.05) is 4.68 Å². The first-order valence-electron chi connectivity index (χ1n) is 7.85. The van der Waals surface area contributed by atoms with E-state index in [9.17, 15) is 4.79 Å². The van der Waals surface area contributed by atoms with Crippen LogP contribution in [-0.2, 0) is 0 Å². The molecule has 2 N–H and O–H groups in total. The summed E-state index contributed by atoms with van der Waals surface area (Å²) in [6.45, 7) is 2.07. The topological polar surface area (TPSA) is 112 Å². The molecule has 0 aliphatic carbocycles. The zero-order valence-corrected chi connectivity index (χ0v) is 13.5. The average Bonchev–Trinajstić information content (AvgIpc) is 3.07. The van der Waals surface area contributed by atoms with Crippen LogP contribution >= 0.6 is 0 Å². The highest BCUT2D eigenvalue weighted by Gasteiger charge is 2.18.